The predicted molar refractivity (Wildman–Crippen MR) is 180 cm³/mol. The van der Waals surface area contributed by atoms with Crippen molar-refractivity contribution in [2.75, 3.05) is 23.7 Å². The van der Waals surface area contributed by atoms with Crippen molar-refractivity contribution in [1.82, 2.24) is 24.6 Å². The van der Waals surface area contributed by atoms with Crippen LogP contribution in [0.2, 0.25) is 0 Å². The van der Waals surface area contributed by atoms with Crippen molar-refractivity contribution in [3.8, 4) is 16.8 Å². The predicted octanol–water partition coefficient (Wildman–Crippen LogP) is 7.34. The van der Waals surface area contributed by atoms with Crippen molar-refractivity contribution in [3.63, 3.8) is 0 Å². The van der Waals surface area contributed by atoms with E-state index < -0.39 is 0 Å². The van der Waals surface area contributed by atoms with E-state index in [4.69, 9.17) is 14.8 Å². The zero-order valence-corrected chi connectivity index (χ0v) is 26.8. The van der Waals surface area contributed by atoms with Crippen LogP contribution in [0.25, 0.3) is 27.6 Å². The molecule has 0 aliphatic carbocycles. The van der Waals surface area contributed by atoms with Crippen molar-refractivity contribution < 1.29 is 9.53 Å². The van der Waals surface area contributed by atoms with Gasteiger partial charge in [0.1, 0.15) is 5.82 Å². The lowest BCUT2D eigenvalue weighted by molar-refractivity contribution is -0.0707. The van der Waals surface area contributed by atoms with Crippen LogP contribution < -0.4 is 10.6 Å². The van der Waals surface area contributed by atoms with Crippen LogP contribution in [0, 0.1) is 6.92 Å². The second-order valence-corrected chi connectivity index (χ2v) is 13.0. The molecule has 0 radical (unpaired) electrons. The van der Waals surface area contributed by atoms with Gasteiger partial charge in [0.15, 0.2) is 0 Å². The number of amides is 2. The van der Waals surface area contributed by atoms with Crippen molar-refractivity contribution in [1.29, 1.82) is 0 Å². The molecule has 1 saturated heterocycles. The summed E-state index contributed by atoms with van der Waals surface area (Å²) >= 11 is 0. The lowest BCUT2D eigenvalue weighted by atomic mass is 9.92. The van der Waals surface area contributed by atoms with Gasteiger partial charge in [-0.05, 0) is 56.0 Å². The number of nitrogens with zero attached hydrogens (tertiary/aromatic N) is 5. The maximum atomic E-state index is 13.4. The third-order valence-electron chi connectivity index (χ3n) is 8.05. The topological polar surface area (TPSA) is 97.2 Å². The highest BCUT2D eigenvalue weighted by atomic mass is 16.5. The molecule has 45 heavy (non-hydrogen) atoms. The van der Waals surface area contributed by atoms with Crippen LogP contribution in [-0.4, -0.2) is 56.0 Å². The minimum Gasteiger partial charge on any atom is -0.373 e. The van der Waals surface area contributed by atoms with E-state index in [1.54, 1.807) is 10.9 Å². The summed E-state index contributed by atoms with van der Waals surface area (Å²) in [6.45, 7) is 15.1. The van der Waals surface area contributed by atoms with Crippen molar-refractivity contribution in [3.05, 3.63) is 96.2 Å². The Morgan fingerprint density at radius 3 is 2.33 bits per heavy atom. The highest BCUT2D eigenvalue weighted by Crippen LogP contribution is 2.34. The minimum absolute atomic E-state index is 0.199. The van der Waals surface area contributed by atoms with Gasteiger partial charge in [-0.1, -0.05) is 57.2 Å². The molecule has 6 rings (SSSR count). The number of ether oxygens (including phenoxy) is 1. The molecule has 5 aromatic rings. The van der Waals surface area contributed by atoms with Crippen molar-refractivity contribution in [2.24, 2.45) is 0 Å². The molecular formula is C36H41N7O2. The van der Waals surface area contributed by atoms with Crippen LogP contribution in [-0.2, 0) is 16.7 Å². The Bertz CT molecular complexity index is 1800. The van der Waals surface area contributed by atoms with Gasteiger partial charge in [-0.2, -0.15) is 5.10 Å². The first-order chi connectivity index (χ1) is 21.5. The molecule has 1 aliphatic rings. The molecule has 9 heteroatoms. The number of aromatic nitrogens is 4. The van der Waals surface area contributed by atoms with Gasteiger partial charge in [0.2, 0.25) is 0 Å². The highest BCUT2D eigenvalue weighted by molar-refractivity contribution is 6.09. The van der Waals surface area contributed by atoms with Gasteiger partial charge in [-0.15, -0.1) is 0 Å². The van der Waals surface area contributed by atoms with Crippen LogP contribution in [0.1, 0.15) is 51.7 Å². The third kappa shape index (κ3) is 6.90. The molecule has 0 saturated carbocycles. The van der Waals surface area contributed by atoms with E-state index in [0.717, 1.165) is 64.3 Å². The summed E-state index contributed by atoms with van der Waals surface area (Å²) in [7, 11) is 0. The fourth-order valence-electron chi connectivity index (χ4n) is 5.87. The summed E-state index contributed by atoms with van der Waals surface area (Å²) in [5.41, 5.74) is 6.18. The Kier molecular flexibility index (Phi) is 8.40. The number of carbonyl (C=O) groups excluding carboxylic acids is 1. The summed E-state index contributed by atoms with van der Waals surface area (Å²) in [5.74, 6) is 0.566. The number of benzene rings is 2. The Morgan fingerprint density at radius 2 is 1.67 bits per heavy atom. The molecule has 0 bridgehead atoms. The second kappa shape index (κ2) is 12.4. The number of carbonyl (C=O) groups is 1. The van der Waals surface area contributed by atoms with Gasteiger partial charge in [-0.3, -0.25) is 20.2 Å². The molecule has 9 nitrogen and oxygen atoms in total. The third-order valence-corrected chi connectivity index (χ3v) is 8.05. The van der Waals surface area contributed by atoms with E-state index in [-0.39, 0.29) is 23.7 Å². The highest BCUT2D eigenvalue weighted by Gasteiger charge is 2.23. The maximum absolute atomic E-state index is 13.4. The Hall–Kier alpha value is -4.60. The lowest BCUT2D eigenvalue weighted by Crippen LogP contribution is -2.44. The van der Waals surface area contributed by atoms with Crippen LogP contribution in [0.5, 0.6) is 0 Å². The molecule has 3 aromatic heterocycles. The second-order valence-electron chi connectivity index (χ2n) is 13.0. The van der Waals surface area contributed by atoms with Crippen molar-refractivity contribution >= 4 is 28.3 Å². The molecule has 1 fully saturated rings. The maximum Gasteiger partial charge on any atom is 0.324 e. The number of hydrogen-bond donors (Lipinski definition) is 2. The van der Waals surface area contributed by atoms with Crippen molar-refractivity contribution in [2.45, 2.75) is 65.7 Å². The van der Waals surface area contributed by atoms with Gasteiger partial charge in [-0.25, -0.2) is 9.48 Å². The SMILES string of the molecule is Cc1ccc(-n2nc(C(C)(C)C)cc2NC(=O)Nc2ccc(-c3ccc(CN4CC(C)OC(C)C4)nc3)c3ccccc23)cn1. The normalized spacial score (nSPS) is 17.4. The number of fused-ring (bicyclic) bond motifs is 1. The summed E-state index contributed by atoms with van der Waals surface area (Å²) in [5, 5.41) is 12.9. The molecule has 2 atom stereocenters. The van der Waals surface area contributed by atoms with E-state index in [1.165, 1.54) is 0 Å². The monoisotopic (exact) mass is 603 g/mol. The number of hydrogen-bond acceptors (Lipinski definition) is 6. The van der Waals surface area contributed by atoms with E-state index >= 15 is 0 Å². The summed E-state index contributed by atoms with van der Waals surface area (Å²) < 4.78 is 7.60. The van der Waals surface area contributed by atoms with Gasteiger partial charge in [0, 0.05) is 54.0 Å². The fourth-order valence-corrected chi connectivity index (χ4v) is 5.87. The number of urea groups is 1. The number of nitrogens with one attached hydrogen (secondary N) is 2. The van der Waals surface area contributed by atoms with Gasteiger partial charge >= 0.3 is 6.03 Å². The zero-order chi connectivity index (χ0) is 31.7. The molecule has 2 N–H and O–H groups in total. The number of morpholine rings is 1. The van der Waals surface area contributed by atoms with Crippen LogP contribution in [0.3, 0.4) is 0 Å². The average Bonchev–Trinajstić information content (AvgIpc) is 3.42. The zero-order valence-electron chi connectivity index (χ0n) is 26.8. The van der Waals surface area contributed by atoms with Crippen LogP contribution in [0.4, 0.5) is 16.3 Å². The first kappa shape index (κ1) is 30.4. The molecule has 2 aromatic carbocycles. The smallest absolute Gasteiger partial charge is 0.324 e. The first-order valence-corrected chi connectivity index (χ1v) is 15.5. The van der Waals surface area contributed by atoms with Gasteiger partial charge in [0.05, 0.1) is 41.2 Å². The van der Waals surface area contributed by atoms with E-state index in [2.05, 4.69) is 73.3 Å². The fraction of sp³-hybridized carbons (Fsp3) is 0.333. The minimum atomic E-state index is -0.354. The largest absolute Gasteiger partial charge is 0.373 e. The molecule has 232 valence electrons. The Labute approximate surface area is 264 Å². The molecular weight excluding hydrogens is 562 g/mol. The number of rotatable bonds is 6. The molecule has 4 heterocycles. The van der Waals surface area contributed by atoms with Crippen LogP contribution in [0.15, 0.2) is 79.1 Å². The van der Waals surface area contributed by atoms with E-state index in [1.807, 2.05) is 61.7 Å². The quantitative estimate of drug-likeness (QED) is 0.211. The number of aryl methyl sites for hydroxylation is 1. The summed E-state index contributed by atoms with van der Waals surface area (Å²) in [4.78, 5) is 25.0. The molecule has 0 spiro atoms. The molecule has 1 aliphatic heterocycles. The average molecular weight is 604 g/mol. The first-order valence-electron chi connectivity index (χ1n) is 15.5. The standard InChI is InChI=1S/C36H41N7O2/c1-23-11-14-28(19-37-23)43-34(17-33(41-43)36(4,5)6)40-35(44)39-32-16-15-29(30-9-7-8-10-31(30)32)26-12-13-27(38-18-26)22-42-20-24(2)45-25(3)21-42/h7-19,24-25H,20-22H2,1-6H3,(H2,39,40,44). The lowest BCUT2D eigenvalue weighted by Gasteiger charge is -2.35. The Morgan fingerprint density at radius 1 is 0.911 bits per heavy atom. The Balaban J connectivity index is 1.22. The molecule has 2 amide bonds. The molecule has 2 unspecified atom stereocenters. The van der Waals surface area contributed by atoms with Gasteiger partial charge in [0.25, 0.3) is 0 Å². The number of anilines is 2. The number of pyridine rings is 2. The van der Waals surface area contributed by atoms with E-state index in [9.17, 15) is 4.79 Å². The van der Waals surface area contributed by atoms with Gasteiger partial charge < -0.3 is 10.1 Å². The van der Waals surface area contributed by atoms with Crippen LogP contribution >= 0.6 is 0 Å². The summed E-state index contributed by atoms with van der Waals surface area (Å²) in [6.07, 6.45) is 4.15. The van der Waals surface area contributed by atoms with E-state index in [0.29, 0.717) is 11.5 Å². The summed E-state index contributed by atoms with van der Waals surface area (Å²) in [6, 6.07) is 21.8.